The van der Waals surface area contributed by atoms with E-state index in [1.807, 2.05) is 45.9 Å². The Morgan fingerprint density at radius 3 is 2.34 bits per heavy atom. The van der Waals surface area contributed by atoms with E-state index in [1.54, 1.807) is 10.9 Å². The number of aryl methyl sites for hydroxylation is 2. The lowest BCUT2D eigenvalue weighted by atomic mass is 10.1. The van der Waals surface area contributed by atoms with Crippen LogP contribution >= 0.6 is 0 Å². The zero-order valence-electron chi connectivity index (χ0n) is 19.6. The summed E-state index contributed by atoms with van der Waals surface area (Å²) in [5, 5.41) is 12.0. The lowest BCUT2D eigenvalue weighted by Gasteiger charge is -2.13. The van der Waals surface area contributed by atoms with Crippen LogP contribution in [0.1, 0.15) is 42.1 Å². The first-order valence-electron chi connectivity index (χ1n) is 11.0. The second kappa shape index (κ2) is 9.01. The third-order valence-corrected chi connectivity index (χ3v) is 5.78. The summed E-state index contributed by atoms with van der Waals surface area (Å²) in [6, 6.07) is 9.82. The molecule has 0 saturated carbocycles. The highest BCUT2D eigenvalue weighted by Crippen LogP contribution is 2.30. The van der Waals surface area contributed by atoms with Gasteiger partial charge in [0, 0.05) is 11.1 Å². The number of fused-ring (bicyclic) bond motifs is 1. The molecule has 182 valence electrons. The number of carbonyl (C=O) groups excluding carboxylic acids is 1. The molecule has 0 fully saturated rings. The number of benzene rings is 2. The Hall–Kier alpha value is -3.95. The van der Waals surface area contributed by atoms with Crippen molar-refractivity contribution >= 4 is 22.5 Å². The minimum Gasteiger partial charge on any atom is -0.324 e. The number of amides is 1. The Morgan fingerprint density at radius 2 is 1.74 bits per heavy atom. The average molecular weight is 483 g/mol. The van der Waals surface area contributed by atoms with Gasteiger partial charge in [-0.2, -0.15) is 23.4 Å². The molecular weight excluding hydrogens is 459 g/mol. The van der Waals surface area contributed by atoms with E-state index in [9.17, 15) is 22.8 Å². The van der Waals surface area contributed by atoms with Crippen molar-refractivity contribution in [1.29, 1.82) is 0 Å². The van der Waals surface area contributed by atoms with Gasteiger partial charge in [0.2, 0.25) is 5.91 Å². The monoisotopic (exact) mass is 483 g/mol. The fourth-order valence-corrected chi connectivity index (χ4v) is 3.76. The lowest BCUT2D eigenvalue weighted by molar-refractivity contribution is -0.137. The predicted octanol–water partition coefficient (Wildman–Crippen LogP) is 4.98. The molecule has 4 aromatic rings. The number of hydrogen-bond donors (Lipinski definition) is 1. The number of nitrogens with zero attached hydrogens (tertiary/aromatic N) is 4. The highest BCUT2D eigenvalue weighted by molar-refractivity contribution is 5.90. The Morgan fingerprint density at radius 1 is 1.06 bits per heavy atom. The molecule has 2 heterocycles. The number of anilines is 1. The quantitative estimate of drug-likeness (QED) is 0.434. The van der Waals surface area contributed by atoms with Gasteiger partial charge in [-0.1, -0.05) is 19.9 Å². The standard InChI is InChI=1S/C25H24F3N5O2/c1-14(2)22-20-12-29-33(19-10-5-15(3)16(4)11-19)23(20)24(35)32(31-22)13-21(34)30-18-8-6-17(7-9-18)25(26,27)28/h5-12,14H,13H2,1-4H3,(H,30,34). The molecule has 0 aliphatic rings. The fourth-order valence-electron chi connectivity index (χ4n) is 3.76. The summed E-state index contributed by atoms with van der Waals surface area (Å²) >= 11 is 0. The van der Waals surface area contributed by atoms with Gasteiger partial charge in [-0.25, -0.2) is 9.36 Å². The molecule has 0 radical (unpaired) electrons. The van der Waals surface area contributed by atoms with Crippen LogP contribution in [0.3, 0.4) is 0 Å². The molecule has 1 amide bonds. The second-order valence-electron chi connectivity index (χ2n) is 8.71. The summed E-state index contributed by atoms with van der Waals surface area (Å²) in [7, 11) is 0. The number of hydrogen-bond acceptors (Lipinski definition) is 4. The minimum absolute atomic E-state index is 0.0558. The van der Waals surface area contributed by atoms with Crippen molar-refractivity contribution in [2.75, 3.05) is 5.32 Å². The van der Waals surface area contributed by atoms with E-state index in [4.69, 9.17) is 0 Å². The van der Waals surface area contributed by atoms with Crippen LogP contribution in [0.5, 0.6) is 0 Å². The van der Waals surface area contributed by atoms with Gasteiger partial charge >= 0.3 is 6.18 Å². The van der Waals surface area contributed by atoms with Crippen LogP contribution < -0.4 is 10.9 Å². The van der Waals surface area contributed by atoms with Crippen LogP contribution in [0.25, 0.3) is 16.6 Å². The molecule has 2 aromatic heterocycles. The molecule has 7 nitrogen and oxygen atoms in total. The molecule has 1 N–H and O–H groups in total. The number of aromatic nitrogens is 4. The van der Waals surface area contributed by atoms with E-state index >= 15 is 0 Å². The normalized spacial score (nSPS) is 11.9. The Labute approximate surface area is 199 Å². The van der Waals surface area contributed by atoms with E-state index in [0.29, 0.717) is 22.3 Å². The molecule has 0 saturated heterocycles. The van der Waals surface area contributed by atoms with Crippen molar-refractivity contribution in [3.05, 3.63) is 81.4 Å². The Balaban J connectivity index is 1.71. The number of rotatable bonds is 5. The summed E-state index contributed by atoms with van der Waals surface area (Å²) in [5.74, 6) is -0.648. The van der Waals surface area contributed by atoms with E-state index in [2.05, 4.69) is 15.5 Å². The summed E-state index contributed by atoms with van der Waals surface area (Å²) in [6.45, 7) is 7.39. The molecule has 0 bridgehead atoms. The summed E-state index contributed by atoms with van der Waals surface area (Å²) < 4.78 is 40.9. The minimum atomic E-state index is -4.47. The molecule has 0 unspecified atom stereocenters. The maximum atomic E-state index is 13.4. The van der Waals surface area contributed by atoms with Gasteiger partial charge in [0.1, 0.15) is 12.1 Å². The second-order valence-corrected chi connectivity index (χ2v) is 8.71. The average Bonchev–Trinajstić information content (AvgIpc) is 3.22. The first-order valence-corrected chi connectivity index (χ1v) is 11.0. The molecule has 2 aromatic carbocycles. The van der Waals surface area contributed by atoms with Gasteiger partial charge in [0.15, 0.2) is 0 Å². The maximum absolute atomic E-state index is 13.4. The van der Waals surface area contributed by atoms with Crippen LogP contribution in [0.15, 0.2) is 53.5 Å². The van der Waals surface area contributed by atoms with Crippen molar-refractivity contribution in [2.24, 2.45) is 0 Å². The van der Waals surface area contributed by atoms with Gasteiger partial charge in [0.25, 0.3) is 5.56 Å². The van der Waals surface area contributed by atoms with Crippen molar-refractivity contribution < 1.29 is 18.0 Å². The van der Waals surface area contributed by atoms with E-state index < -0.39 is 29.8 Å². The molecule has 0 spiro atoms. The van der Waals surface area contributed by atoms with Gasteiger partial charge in [-0.3, -0.25) is 9.59 Å². The largest absolute Gasteiger partial charge is 0.416 e. The van der Waals surface area contributed by atoms with E-state index in [-0.39, 0.29) is 11.6 Å². The molecule has 0 aliphatic heterocycles. The lowest BCUT2D eigenvalue weighted by Crippen LogP contribution is -2.31. The van der Waals surface area contributed by atoms with Crippen molar-refractivity contribution in [3.63, 3.8) is 0 Å². The third kappa shape index (κ3) is 4.82. The Kier molecular flexibility index (Phi) is 6.23. The molecule has 0 aliphatic carbocycles. The highest BCUT2D eigenvalue weighted by atomic mass is 19.4. The molecule has 35 heavy (non-hydrogen) atoms. The predicted molar refractivity (Wildman–Crippen MR) is 127 cm³/mol. The van der Waals surface area contributed by atoms with Crippen LogP contribution in [0.2, 0.25) is 0 Å². The van der Waals surface area contributed by atoms with E-state index in [1.165, 1.54) is 0 Å². The molecule has 10 heteroatoms. The highest BCUT2D eigenvalue weighted by Gasteiger charge is 2.30. The fraction of sp³-hybridized carbons (Fsp3) is 0.280. The van der Waals surface area contributed by atoms with Crippen LogP contribution in [0, 0.1) is 13.8 Å². The van der Waals surface area contributed by atoms with Gasteiger partial charge < -0.3 is 5.32 Å². The topological polar surface area (TPSA) is 81.8 Å². The SMILES string of the molecule is Cc1ccc(-n2ncc3c(C(C)C)nn(CC(=O)Nc4ccc(C(F)(F)F)cc4)c(=O)c32)cc1C. The molecular formula is C25H24F3N5O2. The number of alkyl halides is 3. The Bertz CT molecular complexity index is 1470. The zero-order chi connectivity index (χ0) is 25.5. The number of nitrogens with one attached hydrogen (secondary N) is 1. The number of halogens is 3. The maximum Gasteiger partial charge on any atom is 0.416 e. The molecule has 0 atom stereocenters. The van der Waals surface area contributed by atoms with Crippen molar-refractivity contribution in [1.82, 2.24) is 19.6 Å². The van der Waals surface area contributed by atoms with Crippen molar-refractivity contribution in [2.45, 2.75) is 46.3 Å². The van der Waals surface area contributed by atoms with E-state index in [0.717, 1.165) is 40.1 Å². The van der Waals surface area contributed by atoms with Crippen LogP contribution in [-0.2, 0) is 17.5 Å². The van der Waals surface area contributed by atoms with Crippen LogP contribution in [0.4, 0.5) is 18.9 Å². The number of carbonyl (C=O) groups is 1. The first kappa shape index (κ1) is 24.2. The van der Waals surface area contributed by atoms with Crippen LogP contribution in [-0.4, -0.2) is 25.5 Å². The van der Waals surface area contributed by atoms with Gasteiger partial charge in [-0.15, -0.1) is 0 Å². The van der Waals surface area contributed by atoms with Crippen molar-refractivity contribution in [3.8, 4) is 5.69 Å². The van der Waals surface area contributed by atoms with Gasteiger partial charge in [-0.05, 0) is 67.3 Å². The molecule has 4 rings (SSSR count). The summed E-state index contributed by atoms with van der Waals surface area (Å²) in [5.41, 5.74) is 2.63. The smallest absolute Gasteiger partial charge is 0.324 e. The first-order chi connectivity index (χ1) is 16.5. The zero-order valence-corrected chi connectivity index (χ0v) is 19.6. The third-order valence-electron chi connectivity index (χ3n) is 5.78. The summed E-state index contributed by atoms with van der Waals surface area (Å²) in [4.78, 5) is 26.0. The van der Waals surface area contributed by atoms with Gasteiger partial charge in [0.05, 0.1) is 23.1 Å². The summed E-state index contributed by atoms with van der Waals surface area (Å²) in [6.07, 6.45) is -2.87.